The average molecular weight is 322 g/mol. The van der Waals surface area contributed by atoms with Crippen molar-refractivity contribution in [1.82, 2.24) is 4.72 Å². The molecule has 0 radical (unpaired) electrons. The second kappa shape index (κ2) is 5.08. The lowest BCUT2D eigenvalue weighted by Gasteiger charge is -2.25. The third-order valence-electron chi connectivity index (χ3n) is 2.42. The van der Waals surface area contributed by atoms with Gasteiger partial charge in [0.25, 0.3) is 0 Å². The first kappa shape index (κ1) is 12.4. The van der Waals surface area contributed by atoms with Crippen LogP contribution >= 0.6 is 27.7 Å². The Morgan fingerprint density at radius 3 is 2.94 bits per heavy atom. The maximum atomic E-state index is 11.5. The molecule has 0 saturated heterocycles. The fraction of sp³-hybridized carbons (Fsp3) is 0.400. The monoisotopic (exact) mass is 321 g/mol. The van der Waals surface area contributed by atoms with Crippen LogP contribution in [0.3, 0.4) is 0 Å². The summed E-state index contributed by atoms with van der Waals surface area (Å²) < 4.78 is 25.7. The number of halogens is 1. The highest BCUT2D eigenvalue weighted by molar-refractivity contribution is 9.10. The van der Waals surface area contributed by atoms with Gasteiger partial charge in [0.2, 0.25) is 10.0 Å². The summed E-state index contributed by atoms with van der Waals surface area (Å²) >= 11 is 4.76. The van der Waals surface area contributed by atoms with E-state index < -0.39 is 10.0 Å². The van der Waals surface area contributed by atoms with Gasteiger partial charge in [-0.1, -0.05) is 34.1 Å². The zero-order valence-electron chi connectivity index (χ0n) is 8.52. The molecule has 1 aliphatic rings. The number of fused-ring (bicyclic) bond motifs is 1. The highest BCUT2D eigenvalue weighted by Crippen LogP contribution is 2.36. The predicted molar refractivity (Wildman–Crippen MR) is 70.4 cm³/mol. The van der Waals surface area contributed by atoms with Gasteiger partial charge in [-0.05, 0) is 23.8 Å². The lowest BCUT2D eigenvalue weighted by molar-refractivity contribution is 0.550. The Kier molecular flexibility index (Phi) is 3.94. The highest BCUT2D eigenvalue weighted by Gasteiger charge is 2.23. The van der Waals surface area contributed by atoms with Crippen molar-refractivity contribution in [2.45, 2.75) is 17.4 Å². The van der Waals surface area contributed by atoms with Gasteiger partial charge in [-0.3, -0.25) is 0 Å². The van der Waals surface area contributed by atoms with Crippen molar-refractivity contribution in [3.63, 3.8) is 0 Å². The molecule has 0 aromatic heterocycles. The summed E-state index contributed by atoms with van der Waals surface area (Å²) in [5.74, 6) is 0.951. The third-order valence-corrected chi connectivity index (χ3v) is 6.29. The van der Waals surface area contributed by atoms with Crippen LogP contribution in [0.25, 0.3) is 0 Å². The van der Waals surface area contributed by atoms with Crippen molar-refractivity contribution in [3.8, 4) is 0 Å². The minimum absolute atomic E-state index is 0.0498. The van der Waals surface area contributed by atoms with E-state index in [1.54, 1.807) is 11.8 Å². The van der Waals surface area contributed by atoms with Crippen LogP contribution in [0.5, 0.6) is 0 Å². The molecule has 0 fully saturated rings. The molecule has 2 rings (SSSR count). The maximum absolute atomic E-state index is 11.5. The van der Waals surface area contributed by atoms with Crippen LogP contribution in [-0.4, -0.2) is 18.8 Å². The Morgan fingerprint density at radius 2 is 2.19 bits per heavy atom. The zero-order valence-corrected chi connectivity index (χ0v) is 11.7. The quantitative estimate of drug-likeness (QED) is 0.870. The van der Waals surface area contributed by atoms with Gasteiger partial charge >= 0.3 is 0 Å². The summed E-state index contributed by atoms with van der Waals surface area (Å²) in [7, 11) is -3.20. The minimum atomic E-state index is -3.20. The number of thioether (sulfide) groups is 1. The molecule has 0 saturated carbocycles. The number of alkyl halides is 1. The van der Waals surface area contributed by atoms with E-state index in [1.165, 1.54) is 4.90 Å². The molecule has 1 aliphatic heterocycles. The van der Waals surface area contributed by atoms with Crippen LogP contribution in [0.15, 0.2) is 29.2 Å². The number of sulfonamides is 1. The zero-order chi connectivity index (χ0) is 11.6. The first-order valence-corrected chi connectivity index (χ1v) is 8.66. The molecule has 0 bridgehead atoms. The molecule has 0 spiro atoms. The Bertz CT molecular complexity index is 475. The van der Waals surface area contributed by atoms with E-state index in [4.69, 9.17) is 0 Å². The van der Waals surface area contributed by atoms with Crippen molar-refractivity contribution in [2.75, 3.05) is 10.4 Å². The summed E-state index contributed by atoms with van der Waals surface area (Å²) in [4.78, 5) is 1.18. The molecule has 1 aromatic rings. The molecule has 1 aromatic carbocycles. The third kappa shape index (κ3) is 2.80. The van der Waals surface area contributed by atoms with E-state index in [1.807, 2.05) is 24.3 Å². The average Bonchev–Trinajstić information content (AvgIpc) is 2.29. The van der Waals surface area contributed by atoms with Crippen LogP contribution in [0.2, 0.25) is 0 Å². The fourth-order valence-corrected chi connectivity index (χ4v) is 3.98. The van der Waals surface area contributed by atoms with Crippen molar-refractivity contribution in [1.29, 1.82) is 0 Å². The van der Waals surface area contributed by atoms with E-state index in [0.717, 1.165) is 17.7 Å². The topological polar surface area (TPSA) is 46.2 Å². The van der Waals surface area contributed by atoms with Gasteiger partial charge in [0, 0.05) is 10.9 Å². The van der Waals surface area contributed by atoms with Crippen molar-refractivity contribution >= 4 is 37.7 Å². The van der Waals surface area contributed by atoms with Crippen LogP contribution in [0, 0.1) is 0 Å². The number of benzene rings is 1. The predicted octanol–water partition coefficient (Wildman–Crippen LogP) is 2.50. The summed E-state index contributed by atoms with van der Waals surface area (Å²) in [6.07, 6.45) is 0.841. The molecular weight excluding hydrogens is 310 g/mol. The van der Waals surface area contributed by atoms with Gasteiger partial charge in [0.1, 0.15) is 4.66 Å². The van der Waals surface area contributed by atoms with Crippen molar-refractivity contribution in [2.24, 2.45) is 0 Å². The SMILES string of the molecule is O=S(=O)(CBr)NC1CCSc2ccccc21. The van der Waals surface area contributed by atoms with E-state index in [2.05, 4.69) is 20.7 Å². The van der Waals surface area contributed by atoms with E-state index in [-0.39, 0.29) is 10.7 Å². The molecule has 3 nitrogen and oxygen atoms in total. The Morgan fingerprint density at radius 1 is 1.44 bits per heavy atom. The number of rotatable bonds is 3. The molecule has 6 heteroatoms. The molecule has 0 amide bonds. The summed E-state index contributed by atoms with van der Waals surface area (Å²) in [5.41, 5.74) is 1.09. The van der Waals surface area contributed by atoms with Gasteiger partial charge < -0.3 is 0 Å². The van der Waals surface area contributed by atoms with Gasteiger partial charge in [-0.15, -0.1) is 11.8 Å². The molecule has 1 N–H and O–H groups in total. The summed E-state index contributed by atoms with van der Waals surface area (Å²) in [6, 6.07) is 7.87. The highest BCUT2D eigenvalue weighted by atomic mass is 79.9. The first-order valence-electron chi connectivity index (χ1n) is 4.90. The maximum Gasteiger partial charge on any atom is 0.222 e. The van der Waals surface area contributed by atoms with Crippen LogP contribution in [0.4, 0.5) is 0 Å². The first-order chi connectivity index (χ1) is 7.62. The van der Waals surface area contributed by atoms with E-state index in [0.29, 0.717) is 0 Å². The molecular formula is C10H12BrNO2S2. The van der Waals surface area contributed by atoms with E-state index in [9.17, 15) is 8.42 Å². The van der Waals surface area contributed by atoms with Crippen molar-refractivity contribution in [3.05, 3.63) is 29.8 Å². The fourth-order valence-electron chi connectivity index (χ4n) is 1.71. The Labute approximate surface area is 108 Å². The van der Waals surface area contributed by atoms with Crippen LogP contribution in [-0.2, 0) is 10.0 Å². The lowest BCUT2D eigenvalue weighted by Crippen LogP contribution is -2.31. The second-order valence-corrected chi connectivity index (χ2v) is 7.76. The Balaban J connectivity index is 2.26. The van der Waals surface area contributed by atoms with Gasteiger partial charge in [-0.2, -0.15) is 0 Å². The van der Waals surface area contributed by atoms with Gasteiger partial charge in [-0.25, -0.2) is 13.1 Å². The smallest absolute Gasteiger partial charge is 0.212 e. The number of nitrogens with one attached hydrogen (secondary N) is 1. The lowest BCUT2D eigenvalue weighted by atomic mass is 10.1. The molecule has 1 heterocycles. The minimum Gasteiger partial charge on any atom is -0.212 e. The van der Waals surface area contributed by atoms with Crippen molar-refractivity contribution < 1.29 is 8.42 Å². The molecule has 0 aliphatic carbocycles. The van der Waals surface area contributed by atoms with Gasteiger partial charge in [0.15, 0.2) is 0 Å². The number of hydrogen-bond acceptors (Lipinski definition) is 3. The standard InChI is InChI=1S/C10H12BrNO2S2/c11-7-16(13,14)12-9-5-6-15-10-4-2-1-3-8(9)10/h1-4,9,12H,5-7H2. The Hall–Kier alpha value is -0.0400. The number of hydrogen-bond donors (Lipinski definition) is 1. The second-order valence-electron chi connectivity index (χ2n) is 3.57. The summed E-state index contributed by atoms with van der Waals surface area (Å²) in [6.45, 7) is 0. The molecule has 88 valence electrons. The molecule has 1 atom stereocenters. The van der Waals surface area contributed by atoms with Crippen LogP contribution < -0.4 is 4.72 Å². The van der Waals surface area contributed by atoms with E-state index >= 15 is 0 Å². The van der Waals surface area contributed by atoms with Gasteiger partial charge in [0.05, 0.1) is 0 Å². The molecule has 16 heavy (non-hydrogen) atoms. The molecule has 1 unspecified atom stereocenters. The largest absolute Gasteiger partial charge is 0.222 e. The van der Waals surface area contributed by atoms with Crippen LogP contribution in [0.1, 0.15) is 18.0 Å². The summed E-state index contributed by atoms with van der Waals surface area (Å²) in [5, 5.41) is 0. The normalized spacial score (nSPS) is 20.4.